The predicted octanol–water partition coefficient (Wildman–Crippen LogP) is 5.11. The van der Waals surface area contributed by atoms with Crippen molar-refractivity contribution in [3.05, 3.63) is 82.1 Å². The molecule has 150 valence electrons. The standard InChI is InChI=1S/C23H25FN4S/c24-20-11-9-19(10-12-20)23(13-4-14-23)25-16-28-22(29)27(21(26-28)18-7-8-18)15-17-5-2-1-3-6-17/h1-3,5-6,9-12,18,25H,4,7-8,13-16H2. The molecule has 1 aromatic heterocycles. The summed E-state index contributed by atoms with van der Waals surface area (Å²) in [5, 5.41) is 8.58. The van der Waals surface area contributed by atoms with Crippen LogP contribution < -0.4 is 5.32 Å². The quantitative estimate of drug-likeness (QED) is 0.552. The van der Waals surface area contributed by atoms with Crippen LogP contribution in [-0.2, 0) is 18.8 Å². The molecule has 29 heavy (non-hydrogen) atoms. The molecule has 2 aromatic carbocycles. The second kappa shape index (κ2) is 7.50. The van der Waals surface area contributed by atoms with Crippen LogP contribution in [0, 0.1) is 10.6 Å². The molecule has 0 aliphatic heterocycles. The van der Waals surface area contributed by atoms with Crippen molar-refractivity contribution in [1.82, 2.24) is 19.7 Å². The van der Waals surface area contributed by atoms with Gasteiger partial charge >= 0.3 is 0 Å². The topological polar surface area (TPSA) is 34.8 Å². The Morgan fingerprint density at radius 2 is 1.79 bits per heavy atom. The Balaban J connectivity index is 1.39. The normalized spacial score (nSPS) is 17.8. The third-order valence-electron chi connectivity index (χ3n) is 6.25. The Morgan fingerprint density at radius 3 is 2.41 bits per heavy atom. The number of rotatable bonds is 7. The summed E-state index contributed by atoms with van der Waals surface area (Å²) in [6.07, 6.45) is 5.64. The first kappa shape index (κ1) is 18.7. The van der Waals surface area contributed by atoms with Gasteiger partial charge in [-0.15, -0.1) is 0 Å². The highest BCUT2D eigenvalue weighted by molar-refractivity contribution is 7.71. The number of nitrogens with zero attached hydrogens (tertiary/aromatic N) is 3. The SMILES string of the molecule is Fc1ccc(C2(NCn3nc(C4CC4)n(Cc4ccccc4)c3=S)CCC2)cc1. The van der Waals surface area contributed by atoms with E-state index in [1.165, 1.54) is 24.8 Å². The lowest BCUT2D eigenvalue weighted by atomic mass is 9.72. The third kappa shape index (κ3) is 3.67. The number of hydrogen-bond acceptors (Lipinski definition) is 3. The Kier molecular flexibility index (Phi) is 4.84. The van der Waals surface area contributed by atoms with E-state index in [4.69, 9.17) is 17.3 Å². The number of hydrogen-bond donors (Lipinski definition) is 1. The fourth-order valence-corrected chi connectivity index (χ4v) is 4.48. The third-order valence-corrected chi connectivity index (χ3v) is 6.68. The molecule has 1 heterocycles. The minimum Gasteiger partial charge on any atom is -0.299 e. The van der Waals surface area contributed by atoms with Crippen LogP contribution in [-0.4, -0.2) is 14.3 Å². The first-order valence-electron chi connectivity index (χ1n) is 10.4. The van der Waals surface area contributed by atoms with Crippen molar-refractivity contribution in [2.75, 3.05) is 0 Å². The van der Waals surface area contributed by atoms with Gasteiger partial charge in [-0.05, 0) is 67.6 Å². The molecule has 2 fully saturated rings. The van der Waals surface area contributed by atoms with Gasteiger partial charge in [-0.1, -0.05) is 42.5 Å². The zero-order chi connectivity index (χ0) is 19.8. The van der Waals surface area contributed by atoms with Gasteiger partial charge in [0.05, 0.1) is 13.2 Å². The van der Waals surface area contributed by atoms with Crippen LogP contribution in [0.1, 0.15) is 55.0 Å². The van der Waals surface area contributed by atoms with Crippen molar-refractivity contribution < 1.29 is 4.39 Å². The van der Waals surface area contributed by atoms with E-state index in [0.29, 0.717) is 12.6 Å². The summed E-state index contributed by atoms with van der Waals surface area (Å²) in [7, 11) is 0. The summed E-state index contributed by atoms with van der Waals surface area (Å²) in [5.41, 5.74) is 2.27. The molecule has 2 saturated carbocycles. The van der Waals surface area contributed by atoms with E-state index < -0.39 is 0 Å². The Hall–Kier alpha value is -2.31. The smallest absolute Gasteiger partial charge is 0.199 e. The van der Waals surface area contributed by atoms with Gasteiger partial charge in [0.25, 0.3) is 0 Å². The van der Waals surface area contributed by atoms with Crippen LogP contribution in [0.15, 0.2) is 54.6 Å². The molecule has 0 spiro atoms. The van der Waals surface area contributed by atoms with Crippen LogP contribution in [0.25, 0.3) is 0 Å². The second-order valence-electron chi connectivity index (χ2n) is 8.26. The van der Waals surface area contributed by atoms with E-state index in [2.05, 4.69) is 34.1 Å². The molecule has 2 aliphatic carbocycles. The number of nitrogens with one attached hydrogen (secondary N) is 1. The van der Waals surface area contributed by atoms with Crippen molar-refractivity contribution in [2.24, 2.45) is 0 Å². The molecular formula is C23H25FN4S. The summed E-state index contributed by atoms with van der Waals surface area (Å²) < 4.78 is 18.2. The van der Waals surface area contributed by atoms with Gasteiger partial charge in [-0.2, -0.15) is 5.10 Å². The van der Waals surface area contributed by atoms with Crippen molar-refractivity contribution in [1.29, 1.82) is 0 Å². The molecule has 1 N–H and O–H groups in total. The zero-order valence-corrected chi connectivity index (χ0v) is 17.2. The Bertz CT molecular complexity index is 1050. The Morgan fingerprint density at radius 1 is 1.07 bits per heavy atom. The number of benzene rings is 2. The molecule has 4 nitrogen and oxygen atoms in total. The van der Waals surface area contributed by atoms with Crippen LogP contribution >= 0.6 is 12.2 Å². The highest BCUT2D eigenvalue weighted by Gasteiger charge is 2.38. The van der Waals surface area contributed by atoms with E-state index in [9.17, 15) is 4.39 Å². The molecule has 0 amide bonds. The minimum absolute atomic E-state index is 0.106. The van der Waals surface area contributed by atoms with E-state index in [-0.39, 0.29) is 11.4 Å². The van der Waals surface area contributed by atoms with Gasteiger partial charge < -0.3 is 0 Å². The zero-order valence-electron chi connectivity index (χ0n) is 16.4. The fraction of sp³-hybridized carbons (Fsp3) is 0.391. The van der Waals surface area contributed by atoms with Crippen molar-refractivity contribution in [3.63, 3.8) is 0 Å². The minimum atomic E-state index is -0.195. The molecule has 2 aliphatic rings. The molecule has 0 bridgehead atoms. The van der Waals surface area contributed by atoms with Crippen molar-refractivity contribution >= 4 is 12.2 Å². The van der Waals surface area contributed by atoms with E-state index in [1.54, 1.807) is 12.1 Å². The molecule has 0 unspecified atom stereocenters. The lowest BCUT2D eigenvalue weighted by Crippen LogP contribution is -2.48. The highest BCUT2D eigenvalue weighted by Crippen LogP contribution is 2.42. The number of aromatic nitrogens is 3. The summed E-state index contributed by atoms with van der Waals surface area (Å²) in [6.45, 7) is 1.33. The lowest BCUT2D eigenvalue weighted by Gasteiger charge is -2.43. The summed E-state index contributed by atoms with van der Waals surface area (Å²) >= 11 is 5.81. The molecule has 5 rings (SSSR count). The maximum atomic E-state index is 13.4. The van der Waals surface area contributed by atoms with Gasteiger partial charge in [0.15, 0.2) is 4.77 Å². The van der Waals surface area contributed by atoms with Crippen molar-refractivity contribution in [2.45, 2.75) is 56.8 Å². The highest BCUT2D eigenvalue weighted by atomic mass is 32.1. The average molecular weight is 409 g/mol. The first-order valence-corrected chi connectivity index (χ1v) is 10.8. The molecule has 3 aromatic rings. The molecular weight excluding hydrogens is 383 g/mol. The van der Waals surface area contributed by atoms with Crippen LogP contribution in [0.3, 0.4) is 0 Å². The fourth-order valence-electron chi connectivity index (χ4n) is 4.21. The number of halogens is 1. The van der Waals surface area contributed by atoms with Crippen molar-refractivity contribution in [3.8, 4) is 0 Å². The van der Waals surface area contributed by atoms with Crippen LogP contribution in [0.2, 0.25) is 0 Å². The maximum Gasteiger partial charge on any atom is 0.199 e. The average Bonchev–Trinajstić information content (AvgIpc) is 3.50. The molecule has 6 heteroatoms. The van der Waals surface area contributed by atoms with Gasteiger partial charge in [-0.25, -0.2) is 9.07 Å². The van der Waals surface area contributed by atoms with Gasteiger partial charge in [0, 0.05) is 11.5 Å². The van der Waals surface area contributed by atoms with E-state index >= 15 is 0 Å². The lowest BCUT2D eigenvalue weighted by molar-refractivity contribution is 0.166. The summed E-state index contributed by atoms with van der Waals surface area (Å²) in [4.78, 5) is 0. The second-order valence-corrected chi connectivity index (χ2v) is 8.63. The monoisotopic (exact) mass is 408 g/mol. The molecule has 0 saturated heterocycles. The predicted molar refractivity (Wildman–Crippen MR) is 114 cm³/mol. The van der Waals surface area contributed by atoms with E-state index in [1.807, 2.05) is 22.9 Å². The summed E-state index contributed by atoms with van der Waals surface area (Å²) in [6, 6.07) is 17.3. The van der Waals surface area contributed by atoms with E-state index in [0.717, 1.165) is 35.5 Å². The summed E-state index contributed by atoms with van der Waals surface area (Å²) in [5.74, 6) is 1.43. The van der Waals surface area contributed by atoms with Crippen LogP contribution in [0.4, 0.5) is 4.39 Å². The Labute approximate surface area is 175 Å². The van der Waals surface area contributed by atoms with Gasteiger partial charge in [0.2, 0.25) is 0 Å². The van der Waals surface area contributed by atoms with Gasteiger partial charge in [-0.3, -0.25) is 9.88 Å². The van der Waals surface area contributed by atoms with Crippen LogP contribution in [0.5, 0.6) is 0 Å². The molecule has 0 radical (unpaired) electrons. The van der Waals surface area contributed by atoms with Gasteiger partial charge in [0.1, 0.15) is 11.6 Å². The first-order chi connectivity index (χ1) is 14.1. The largest absolute Gasteiger partial charge is 0.299 e. The molecule has 0 atom stereocenters. The maximum absolute atomic E-state index is 13.4.